The Morgan fingerprint density at radius 2 is 1.57 bits per heavy atom. The summed E-state index contributed by atoms with van der Waals surface area (Å²) in [5.41, 5.74) is 0. The molecule has 0 aromatic rings. The second-order valence-corrected chi connectivity index (χ2v) is 5.08. The zero-order valence-corrected chi connectivity index (χ0v) is 11.0. The van der Waals surface area contributed by atoms with Crippen molar-refractivity contribution in [3.05, 3.63) is 0 Å². The summed E-state index contributed by atoms with van der Waals surface area (Å²) < 4.78 is 15.0. The molecular formula is C11H20O10. The monoisotopic (exact) mass is 312 g/mol. The normalized spacial score (nSPS) is 51.9. The van der Waals surface area contributed by atoms with E-state index in [1.54, 1.807) is 0 Å². The minimum absolute atomic E-state index is 0.315. The Balaban J connectivity index is 2.05. The van der Waals surface area contributed by atoms with Crippen LogP contribution in [0.4, 0.5) is 0 Å². The van der Waals surface area contributed by atoms with Crippen LogP contribution in [0, 0.1) is 0 Å². The smallest absolute Gasteiger partial charge is 0.186 e. The Hall–Kier alpha value is -0.400. The molecule has 10 nitrogen and oxygen atoms in total. The highest BCUT2D eigenvalue weighted by molar-refractivity contribution is 4.91. The first-order valence-corrected chi connectivity index (χ1v) is 6.48. The van der Waals surface area contributed by atoms with Gasteiger partial charge in [0.1, 0.15) is 42.7 Å². The number of aliphatic hydroxyl groups excluding tert-OH is 7. The number of rotatable bonds is 3. The summed E-state index contributed by atoms with van der Waals surface area (Å²) in [6.07, 6.45) is -13.3. The summed E-state index contributed by atoms with van der Waals surface area (Å²) in [5.74, 6) is 0. The highest BCUT2D eigenvalue weighted by atomic mass is 16.7. The molecule has 0 spiro atoms. The van der Waals surface area contributed by atoms with Crippen LogP contribution in [0.25, 0.3) is 0 Å². The molecule has 0 radical (unpaired) electrons. The van der Waals surface area contributed by atoms with Gasteiger partial charge in [-0.15, -0.1) is 0 Å². The third kappa shape index (κ3) is 3.35. The maximum absolute atomic E-state index is 9.92. The molecular weight excluding hydrogens is 292 g/mol. The minimum atomic E-state index is -1.70. The molecule has 2 saturated heterocycles. The zero-order chi connectivity index (χ0) is 15.7. The van der Waals surface area contributed by atoms with E-state index < -0.39 is 61.9 Å². The van der Waals surface area contributed by atoms with E-state index in [0.717, 1.165) is 0 Å². The number of hydrogen-bond donors (Lipinski definition) is 7. The number of ether oxygens (including phenoxy) is 3. The van der Waals surface area contributed by atoms with E-state index in [2.05, 4.69) is 0 Å². The van der Waals surface area contributed by atoms with Gasteiger partial charge in [-0.1, -0.05) is 0 Å². The van der Waals surface area contributed by atoms with Gasteiger partial charge < -0.3 is 50.0 Å². The molecule has 1 unspecified atom stereocenters. The Kier molecular flexibility index (Phi) is 5.48. The van der Waals surface area contributed by atoms with Gasteiger partial charge in [-0.3, -0.25) is 0 Å². The largest absolute Gasteiger partial charge is 0.394 e. The number of aliphatic hydroxyl groups is 7. The molecule has 0 saturated carbocycles. The lowest BCUT2D eigenvalue weighted by molar-refractivity contribution is -0.343. The van der Waals surface area contributed by atoms with Crippen LogP contribution in [0.2, 0.25) is 0 Å². The molecule has 0 bridgehead atoms. The molecule has 10 heteroatoms. The average Bonchev–Trinajstić information content (AvgIpc) is 2.47. The molecule has 2 rings (SSSR count). The van der Waals surface area contributed by atoms with Crippen LogP contribution in [-0.4, -0.2) is 104 Å². The van der Waals surface area contributed by atoms with Crippen LogP contribution >= 0.6 is 0 Å². The minimum Gasteiger partial charge on any atom is -0.394 e. The van der Waals surface area contributed by atoms with E-state index in [-0.39, 0.29) is 6.61 Å². The third-order valence-corrected chi connectivity index (χ3v) is 3.59. The molecule has 2 heterocycles. The predicted octanol–water partition coefficient (Wildman–Crippen LogP) is -4.76. The standard InChI is InChI=1S/C11H20O10/c12-1-4-6(15)9(8(17)10(18)20-4)21-11-7(16)5(14)3(13)2-19-11/h3-18H,1-2H2/t3-,4+,5-,6-,7+,8+,9-,10?,11-/m0/s1. The average molecular weight is 312 g/mol. The molecule has 0 amide bonds. The molecule has 2 fully saturated rings. The van der Waals surface area contributed by atoms with Crippen molar-refractivity contribution in [3.63, 3.8) is 0 Å². The van der Waals surface area contributed by atoms with Crippen molar-refractivity contribution in [3.8, 4) is 0 Å². The molecule has 9 atom stereocenters. The van der Waals surface area contributed by atoms with E-state index in [0.29, 0.717) is 0 Å². The van der Waals surface area contributed by atoms with Crippen molar-refractivity contribution >= 4 is 0 Å². The molecule has 124 valence electrons. The Morgan fingerprint density at radius 3 is 2.19 bits per heavy atom. The second-order valence-electron chi connectivity index (χ2n) is 5.08. The fourth-order valence-electron chi connectivity index (χ4n) is 2.28. The molecule has 2 aliphatic heterocycles. The topological polar surface area (TPSA) is 169 Å². The lowest BCUT2D eigenvalue weighted by atomic mass is 9.98. The zero-order valence-electron chi connectivity index (χ0n) is 11.0. The van der Waals surface area contributed by atoms with Gasteiger partial charge in [0.25, 0.3) is 0 Å². The fraction of sp³-hybridized carbons (Fsp3) is 1.00. The lowest BCUT2D eigenvalue weighted by Gasteiger charge is -2.43. The van der Waals surface area contributed by atoms with Crippen molar-refractivity contribution < 1.29 is 50.0 Å². The lowest BCUT2D eigenvalue weighted by Crippen LogP contribution is -2.62. The molecule has 2 aliphatic rings. The van der Waals surface area contributed by atoms with E-state index in [9.17, 15) is 30.6 Å². The van der Waals surface area contributed by atoms with Gasteiger partial charge in [0.2, 0.25) is 0 Å². The van der Waals surface area contributed by atoms with Crippen molar-refractivity contribution in [2.75, 3.05) is 13.2 Å². The quantitative estimate of drug-likeness (QED) is 0.268. The van der Waals surface area contributed by atoms with Crippen LogP contribution in [0.3, 0.4) is 0 Å². The van der Waals surface area contributed by atoms with Crippen molar-refractivity contribution in [1.29, 1.82) is 0 Å². The van der Waals surface area contributed by atoms with Gasteiger partial charge in [-0.25, -0.2) is 0 Å². The van der Waals surface area contributed by atoms with E-state index >= 15 is 0 Å². The maximum Gasteiger partial charge on any atom is 0.186 e. The van der Waals surface area contributed by atoms with Gasteiger partial charge in [0.15, 0.2) is 12.6 Å². The molecule has 7 N–H and O–H groups in total. The highest BCUT2D eigenvalue weighted by Gasteiger charge is 2.48. The maximum atomic E-state index is 9.92. The highest BCUT2D eigenvalue weighted by Crippen LogP contribution is 2.26. The van der Waals surface area contributed by atoms with Crippen LogP contribution in [0.15, 0.2) is 0 Å². The van der Waals surface area contributed by atoms with Crippen LogP contribution in [-0.2, 0) is 14.2 Å². The van der Waals surface area contributed by atoms with Crippen molar-refractivity contribution in [2.24, 2.45) is 0 Å². The first-order chi connectivity index (χ1) is 9.86. The van der Waals surface area contributed by atoms with Crippen LogP contribution in [0.1, 0.15) is 0 Å². The first-order valence-electron chi connectivity index (χ1n) is 6.48. The van der Waals surface area contributed by atoms with Gasteiger partial charge in [0, 0.05) is 0 Å². The molecule has 0 aliphatic carbocycles. The summed E-state index contributed by atoms with van der Waals surface area (Å²) in [6.45, 7) is -0.940. The second kappa shape index (κ2) is 6.79. The van der Waals surface area contributed by atoms with Crippen LogP contribution < -0.4 is 0 Å². The summed E-state index contributed by atoms with van der Waals surface area (Å²) in [5, 5.41) is 66.8. The molecule has 21 heavy (non-hydrogen) atoms. The van der Waals surface area contributed by atoms with E-state index in [1.165, 1.54) is 0 Å². The molecule has 0 aromatic heterocycles. The summed E-state index contributed by atoms with van der Waals surface area (Å²) >= 11 is 0. The Bertz CT molecular complexity index is 341. The Labute approximate surface area is 119 Å². The van der Waals surface area contributed by atoms with Gasteiger partial charge in [-0.2, -0.15) is 0 Å². The van der Waals surface area contributed by atoms with Gasteiger partial charge >= 0.3 is 0 Å². The van der Waals surface area contributed by atoms with Gasteiger partial charge in [-0.05, 0) is 0 Å². The van der Waals surface area contributed by atoms with Crippen LogP contribution in [0.5, 0.6) is 0 Å². The van der Waals surface area contributed by atoms with E-state index in [4.69, 9.17) is 19.3 Å². The molecule has 0 aromatic carbocycles. The van der Waals surface area contributed by atoms with Crippen molar-refractivity contribution in [2.45, 2.75) is 55.3 Å². The van der Waals surface area contributed by atoms with Crippen molar-refractivity contribution in [1.82, 2.24) is 0 Å². The summed E-state index contributed by atoms with van der Waals surface area (Å²) in [6, 6.07) is 0. The van der Waals surface area contributed by atoms with E-state index in [1.807, 2.05) is 0 Å². The SMILES string of the molecule is OC[C@H]1OC(O)[C@H](O)[C@@H](O[C@@H]2OC[C@H](O)[C@H](O)[C@H]2O)[C@H]1O. The first kappa shape index (κ1) is 17.0. The summed E-state index contributed by atoms with van der Waals surface area (Å²) in [7, 11) is 0. The number of hydrogen-bond acceptors (Lipinski definition) is 10. The van der Waals surface area contributed by atoms with Gasteiger partial charge in [0.05, 0.1) is 13.2 Å². The third-order valence-electron chi connectivity index (χ3n) is 3.59. The fourth-order valence-corrected chi connectivity index (χ4v) is 2.28. The summed E-state index contributed by atoms with van der Waals surface area (Å²) in [4.78, 5) is 0. The predicted molar refractivity (Wildman–Crippen MR) is 62.6 cm³/mol. The Morgan fingerprint density at radius 1 is 0.905 bits per heavy atom.